The molecule has 0 atom stereocenters. The molecule has 168 valence electrons. The monoisotopic (exact) mass is 462 g/mol. The van der Waals surface area contributed by atoms with E-state index in [4.69, 9.17) is 4.42 Å². The van der Waals surface area contributed by atoms with Gasteiger partial charge in [-0.3, -0.25) is 9.36 Å². The van der Waals surface area contributed by atoms with Gasteiger partial charge in [-0.15, -0.1) is 10.2 Å². The number of para-hydroxylation sites is 1. The first-order valence-electron chi connectivity index (χ1n) is 10.2. The first kappa shape index (κ1) is 22.2. The summed E-state index contributed by atoms with van der Waals surface area (Å²) < 4.78 is 7.30. The number of rotatable bonds is 8. The number of thioether (sulfide) groups is 1. The second-order valence-corrected chi connectivity index (χ2v) is 7.83. The third-order valence-corrected chi connectivity index (χ3v) is 5.51. The van der Waals surface area contributed by atoms with Crippen LogP contribution in [0.25, 0.3) is 11.6 Å². The van der Waals surface area contributed by atoms with Crippen LogP contribution in [0.2, 0.25) is 0 Å². The highest BCUT2D eigenvalue weighted by Crippen LogP contribution is 2.24. The van der Waals surface area contributed by atoms with E-state index in [0.29, 0.717) is 40.3 Å². The van der Waals surface area contributed by atoms with Gasteiger partial charge in [0.1, 0.15) is 0 Å². The van der Waals surface area contributed by atoms with E-state index in [1.165, 1.54) is 11.8 Å². The third-order valence-electron chi connectivity index (χ3n) is 4.54. The van der Waals surface area contributed by atoms with Gasteiger partial charge in [-0.2, -0.15) is 0 Å². The van der Waals surface area contributed by atoms with Crippen molar-refractivity contribution in [2.45, 2.75) is 18.6 Å². The number of anilines is 3. The number of hydrogen-bond acceptors (Lipinski definition) is 6. The maximum Gasteiger partial charge on any atom is 0.323 e. The third kappa shape index (κ3) is 5.80. The highest BCUT2D eigenvalue weighted by molar-refractivity contribution is 7.99. The van der Waals surface area contributed by atoms with Crippen molar-refractivity contribution in [1.82, 2.24) is 14.8 Å². The Morgan fingerprint density at radius 2 is 1.64 bits per heavy atom. The Hall–Kier alpha value is -4.05. The Labute approximate surface area is 194 Å². The quantitative estimate of drug-likeness (QED) is 0.320. The molecule has 0 bridgehead atoms. The van der Waals surface area contributed by atoms with Crippen molar-refractivity contribution in [1.29, 1.82) is 0 Å². The Balaban J connectivity index is 1.32. The number of carbonyl (C=O) groups is 2. The number of nitrogens with one attached hydrogen (secondary N) is 3. The van der Waals surface area contributed by atoms with Gasteiger partial charge in [0.25, 0.3) is 0 Å². The first-order chi connectivity index (χ1) is 16.1. The van der Waals surface area contributed by atoms with E-state index in [1.54, 1.807) is 48.7 Å². The maximum atomic E-state index is 12.5. The van der Waals surface area contributed by atoms with Crippen LogP contribution in [0.3, 0.4) is 0 Å². The van der Waals surface area contributed by atoms with E-state index < -0.39 is 0 Å². The summed E-state index contributed by atoms with van der Waals surface area (Å²) in [7, 11) is 0. The fourth-order valence-corrected chi connectivity index (χ4v) is 3.89. The van der Waals surface area contributed by atoms with Crippen molar-refractivity contribution in [3.63, 3.8) is 0 Å². The Kier molecular flexibility index (Phi) is 7.06. The van der Waals surface area contributed by atoms with E-state index in [-0.39, 0.29) is 17.7 Å². The van der Waals surface area contributed by atoms with Crippen molar-refractivity contribution in [2.75, 3.05) is 21.7 Å². The van der Waals surface area contributed by atoms with Crippen LogP contribution in [0.5, 0.6) is 0 Å². The fourth-order valence-electron chi connectivity index (χ4n) is 3.09. The molecular weight excluding hydrogens is 440 g/mol. The topological polar surface area (TPSA) is 114 Å². The van der Waals surface area contributed by atoms with Crippen LogP contribution < -0.4 is 16.0 Å². The molecule has 0 saturated heterocycles. The molecule has 10 heteroatoms. The highest BCUT2D eigenvalue weighted by atomic mass is 32.2. The lowest BCUT2D eigenvalue weighted by atomic mass is 10.2. The molecule has 2 aromatic heterocycles. The molecule has 0 fully saturated rings. The number of furan rings is 1. The maximum absolute atomic E-state index is 12.5. The van der Waals surface area contributed by atoms with E-state index in [9.17, 15) is 9.59 Å². The molecule has 2 aromatic carbocycles. The van der Waals surface area contributed by atoms with Gasteiger partial charge >= 0.3 is 6.03 Å². The Morgan fingerprint density at radius 3 is 2.36 bits per heavy atom. The van der Waals surface area contributed by atoms with E-state index >= 15 is 0 Å². The lowest BCUT2D eigenvalue weighted by molar-refractivity contribution is -0.113. The molecule has 3 amide bonds. The predicted octanol–water partition coefficient (Wildman–Crippen LogP) is 4.93. The van der Waals surface area contributed by atoms with Crippen LogP contribution in [0.1, 0.15) is 6.92 Å². The summed E-state index contributed by atoms with van der Waals surface area (Å²) in [6.45, 7) is 2.62. The minimum Gasteiger partial charge on any atom is -0.461 e. The molecule has 0 aliphatic heterocycles. The molecule has 0 saturated carbocycles. The molecule has 4 rings (SSSR count). The van der Waals surface area contributed by atoms with Gasteiger partial charge in [0.15, 0.2) is 16.7 Å². The summed E-state index contributed by atoms with van der Waals surface area (Å²) in [5, 5.41) is 17.3. The Bertz CT molecular complexity index is 1220. The smallest absolute Gasteiger partial charge is 0.323 e. The van der Waals surface area contributed by atoms with Crippen LogP contribution in [0, 0.1) is 0 Å². The molecule has 0 unspecified atom stereocenters. The number of amides is 3. The normalized spacial score (nSPS) is 10.6. The van der Waals surface area contributed by atoms with Gasteiger partial charge in [-0.25, -0.2) is 4.79 Å². The SMILES string of the molecule is CCn1c(SCC(=O)Nc2cccc(NC(=O)Nc3ccccc3)c2)nnc1-c1ccco1. The highest BCUT2D eigenvalue weighted by Gasteiger charge is 2.16. The van der Waals surface area contributed by atoms with Gasteiger partial charge in [-0.1, -0.05) is 36.0 Å². The second kappa shape index (κ2) is 10.5. The number of nitrogens with zero attached hydrogens (tertiary/aromatic N) is 3. The summed E-state index contributed by atoms with van der Waals surface area (Å²) >= 11 is 1.29. The van der Waals surface area contributed by atoms with Crippen LogP contribution >= 0.6 is 11.8 Å². The van der Waals surface area contributed by atoms with E-state index in [2.05, 4.69) is 26.1 Å². The molecule has 2 heterocycles. The van der Waals surface area contributed by atoms with Gasteiger partial charge in [0.05, 0.1) is 12.0 Å². The van der Waals surface area contributed by atoms with E-state index in [0.717, 1.165) is 0 Å². The molecule has 9 nitrogen and oxygen atoms in total. The first-order valence-corrected chi connectivity index (χ1v) is 11.2. The number of urea groups is 1. The van der Waals surface area contributed by atoms with E-state index in [1.807, 2.05) is 35.8 Å². The molecule has 0 aliphatic carbocycles. The zero-order valence-electron chi connectivity index (χ0n) is 17.8. The molecule has 33 heavy (non-hydrogen) atoms. The number of benzene rings is 2. The molecule has 0 spiro atoms. The van der Waals surface area contributed by atoms with Gasteiger partial charge in [0.2, 0.25) is 5.91 Å². The molecule has 3 N–H and O–H groups in total. The number of carbonyl (C=O) groups excluding carboxylic acids is 2. The minimum absolute atomic E-state index is 0.155. The van der Waals surface area contributed by atoms with Crippen LogP contribution in [0.15, 0.2) is 82.6 Å². The zero-order valence-corrected chi connectivity index (χ0v) is 18.6. The van der Waals surface area contributed by atoms with Crippen LogP contribution in [0.4, 0.5) is 21.9 Å². The van der Waals surface area contributed by atoms with Crippen molar-refractivity contribution >= 4 is 40.8 Å². The van der Waals surface area contributed by atoms with Crippen LogP contribution in [-0.4, -0.2) is 32.5 Å². The second-order valence-electron chi connectivity index (χ2n) is 6.89. The van der Waals surface area contributed by atoms with Gasteiger partial charge < -0.3 is 20.4 Å². The van der Waals surface area contributed by atoms with Crippen molar-refractivity contribution in [2.24, 2.45) is 0 Å². The lowest BCUT2D eigenvalue weighted by Gasteiger charge is -2.10. The molecule has 0 radical (unpaired) electrons. The fraction of sp³-hybridized carbons (Fsp3) is 0.130. The average molecular weight is 463 g/mol. The van der Waals surface area contributed by atoms with Crippen molar-refractivity contribution < 1.29 is 14.0 Å². The largest absolute Gasteiger partial charge is 0.461 e. The van der Waals surface area contributed by atoms with Crippen LogP contribution in [-0.2, 0) is 11.3 Å². The Morgan fingerprint density at radius 1 is 0.909 bits per heavy atom. The van der Waals surface area contributed by atoms with Gasteiger partial charge in [-0.05, 0) is 49.4 Å². The zero-order chi connectivity index (χ0) is 23.0. The van der Waals surface area contributed by atoms with Crippen molar-refractivity contribution in [3.05, 3.63) is 73.0 Å². The summed E-state index contributed by atoms with van der Waals surface area (Å²) in [6.07, 6.45) is 1.58. The lowest BCUT2D eigenvalue weighted by Crippen LogP contribution is -2.19. The molecule has 4 aromatic rings. The number of aromatic nitrogens is 3. The summed E-state index contributed by atoms with van der Waals surface area (Å²) in [6, 6.07) is 19.3. The average Bonchev–Trinajstić information content (AvgIpc) is 3.48. The predicted molar refractivity (Wildman–Crippen MR) is 128 cm³/mol. The summed E-state index contributed by atoms with van der Waals surface area (Å²) in [4.78, 5) is 24.7. The summed E-state index contributed by atoms with van der Waals surface area (Å²) in [5.74, 6) is 1.21. The molecule has 0 aliphatic rings. The van der Waals surface area contributed by atoms with Crippen molar-refractivity contribution in [3.8, 4) is 11.6 Å². The molecular formula is C23H22N6O3S. The summed E-state index contributed by atoms with van der Waals surface area (Å²) in [5.41, 5.74) is 1.82. The standard InChI is InChI=1S/C23H22N6O3S/c1-2-29-21(19-12-7-13-32-19)27-28-23(29)33-15-20(30)24-17-10-6-11-18(14-17)26-22(31)25-16-8-4-3-5-9-16/h3-14H,2,15H2,1H3,(H,24,30)(H2,25,26,31). The minimum atomic E-state index is -0.369. The number of hydrogen-bond donors (Lipinski definition) is 3. The van der Waals surface area contributed by atoms with Gasteiger partial charge in [0, 0.05) is 23.6 Å².